The summed E-state index contributed by atoms with van der Waals surface area (Å²) in [7, 11) is 5.50. The molecule has 5 nitrogen and oxygen atoms in total. The van der Waals surface area contributed by atoms with E-state index < -0.39 is 0 Å². The maximum Gasteiger partial charge on any atom is 0.165 e. The number of hydrogen-bond donors (Lipinski definition) is 0. The van der Waals surface area contributed by atoms with Crippen molar-refractivity contribution in [3.63, 3.8) is 0 Å². The minimum absolute atomic E-state index is 0.803. The standard InChI is InChI=1S/C19H27N3O2/c1-20-9-5-7-17(20)15-22-12-10-21(11-13-22)14-16-6-4-8-18(23-2)19(16)24-3/h4-9H,10-15H2,1-3H3. The monoisotopic (exact) mass is 329 g/mol. The van der Waals surface area contributed by atoms with Crippen molar-refractivity contribution in [1.29, 1.82) is 0 Å². The molecule has 5 heteroatoms. The number of aromatic nitrogens is 1. The summed E-state index contributed by atoms with van der Waals surface area (Å²) in [6, 6.07) is 10.4. The van der Waals surface area contributed by atoms with Crippen LogP contribution in [0.2, 0.25) is 0 Å². The SMILES string of the molecule is COc1cccc(CN2CCN(Cc3cccn3C)CC2)c1OC. The maximum absolute atomic E-state index is 5.55. The fourth-order valence-electron chi connectivity index (χ4n) is 3.31. The topological polar surface area (TPSA) is 29.9 Å². The molecular formula is C19H27N3O2. The predicted octanol–water partition coefficient (Wildman–Crippen LogP) is 2.36. The average Bonchev–Trinajstić information content (AvgIpc) is 3.01. The van der Waals surface area contributed by atoms with Crippen LogP contribution in [-0.4, -0.2) is 54.8 Å². The quantitative estimate of drug-likeness (QED) is 0.814. The molecule has 2 aromatic rings. The number of rotatable bonds is 6. The van der Waals surface area contributed by atoms with Crippen LogP contribution in [0.1, 0.15) is 11.3 Å². The van der Waals surface area contributed by atoms with Gasteiger partial charge in [0.05, 0.1) is 14.2 Å². The summed E-state index contributed by atoms with van der Waals surface area (Å²) >= 11 is 0. The summed E-state index contributed by atoms with van der Waals surface area (Å²) in [6.45, 7) is 6.27. The molecule has 0 saturated carbocycles. The van der Waals surface area contributed by atoms with Gasteiger partial charge in [0, 0.05) is 63.8 Å². The van der Waals surface area contributed by atoms with E-state index in [1.165, 1.54) is 11.3 Å². The molecule has 2 heterocycles. The van der Waals surface area contributed by atoms with Crippen LogP contribution >= 0.6 is 0 Å². The van der Waals surface area contributed by atoms with Crippen LogP contribution in [0.25, 0.3) is 0 Å². The molecule has 1 aromatic carbocycles. The number of nitrogens with zero attached hydrogens (tertiary/aromatic N) is 3. The van der Waals surface area contributed by atoms with E-state index in [1.807, 2.05) is 12.1 Å². The van der Waals surface area contributed by atoms with E-state index >= 15 is 0 Å². The zero-order valence-corrected chi connectivity index (χ0v) is 14.9. The molecule has 3 rings (SSSR count). The molecule has 1 saturated heterocycles. The number of methoxy groups -OCH3 is 2. The van der Waals surface area contributed by atoms with Crippen LogP contribution < -0.4 is 9.47 Å². The van der Waals surface area contributed by atoms with Crippen molar-refractivity contribution < 1.29 is 9.47 Å². The highest BCUT2D eigenvalue weighted by atomic mass is 16.5. The summed E-state index contributed by atoms with van der Waals surface area (Å²) in [4.78, 5) is 5.01. The zero-order chi connectivity index (χ0) is 16.9. The first-order valence-electron chi connectivity index (χ1n) is 8.46. The number of aryl methyl sites for hydroxylation is 1. The Morgan fingerprint density at radius 2 is 1.58 bits per heavy atom. The molecule has 0 bridgehead atoms. The van der Waals surface area contributed by atoms with Gasteiger partial charge < -0.3 is 14.0 Å². The molecule has 0 amide bonds. The third kappa shape index (κ3) is 3.74. The van der Waals surface area contributed by atoms with E-state index in [-0.39, 0.29) is 0 Å². The Labute approximate surface area is 144 Å². The normalized spacial score (nSPS) is 16.3. The van der Waals surface area contributed by atoms with Crippen LogP contribution in [0.5, 0.6) is 11.5 Å². The predicted molar refractivity (Wildman–Crippen MR) is 95.5 cm³/mol. The molecule has 24 heavy (non-hydrogen) atoms. The number of piperazine rings is 1. The highest BCUT2D eigenvalue weighted by Crippen LogP contribution is 2.31. The van der Waals surface area contributed by atoms with Gasteiger partial charge in [-0.2, -0.15) is 0 Å². The molecule has 1 aliphatic heterocycles. The van der Waals surface area contributed by atoms with Crippen molar-refractivity contribution >= 4 is 0 Å². The van der Waals surface area contributed by atoms with Crippen molar-refractivity contribution in [2.24, 2.45) is 7.05 Å². The van der Waals surface area contributed by atoms with Crippen LogP contribution in [0, 0.1) is 0 Å². The average molecular weight is 329 g/mol. The number of benzene rings is 1. The fourth-order valence-corrected chi connectivity index (χ4v) is 3.31. The zero-order valence-electron chi connectivity index (χ0n) is 14.9. The van der Waals surface area contributed by atoms with Gasteiger partial charge in [0.25, 0.3) is 0 Å². The molecule has 1 fully saturated rings. The van der Waals surface area contributed by atoms with E-state index in [2.05, 4.69) is 45.8 Å². The number of hydrogen-bond acceptors (Lipinski definition) is 4. The van der Waals surface area contributed by atoms with Crippen molar-refractivity contribution in [3.05, 3.63) is 47.8 Å². The Balaban J connectivity index is 1.57. The summed E-state index contributed by atoms with van der Waals surface area (Å²) in [5.74, 6) is 1.66. The third-order valence-corrected chi connectivity index (χ3v) is 4.78. The molecule has 1 aliphatic rings. The fraction of sp³-hybridized carbons (Fsp3) is 0.474. The van der Waals surface area contributed by atoms with E-state index in [0.717, 1.165) is 50.8 Å². The van der Waals surface area contributed by atoms with Crippen molar-refractivity contribution in [3.8, 4) is 11.5 Å². The third-order valence-electron chi connectivity index (χ3n) is 4.78. The Kier molecular flexibility index (Phi) is 5.43. The molecule has 0 radical (unpaired) electrons. The lowest BCUT2D eigenvalue weighted by molar-refractivity contribution is 0.119. The Hall–Kier alpha value is -1.98. The Bertz CT molecular complexity index is 660. The molecule has 0 spiro atoms. The molecule has 130 valence electrons. The van der Waals surface area contributed by atoms with Crippen LogP contribution in [0.3, 0.4) is 0 Å². The molecule has 0 atom stereocenters. The molecule has 1 aromatic heterocycles. The van der Waals surface area contributed by atoms with Gasteiger partial charge in [0.15, 0.2) is 11.5 Å². The van der Waals surface area contributed by atoms with Crippen LogP contribution in [0.4, 0.5) is 0 Å². The first-order chi connectivity index (χ1) is 11.7. The summed E-state index contributed by atoms with van der Waals surface area (Å²) in [6.07, 6.45) is 2.11. The first-order valence-corrected chi connectivity index (χ1v) is 8.46. The first kappa shape index (κ1) is 16.9. The lowest BCUT2D eigenvalue weighted by atomic mass is 10.1. The summed E-state index contributed by atoms with van der Waals surface area (Å²) in [5, 5.41) is 0. The second kappa shape index (κ2) is 7.73. The van der Waals surface area contributed by atoms with E-state index in [4.69, 9.17) is 9.47 Å². The minimum atomic E-state index is 0.803. The van der Waals surface area contributed by atoms with Crippen LogP contribution in [-0.2, 0) is 20.1 Å². The molecule has 0 unspecified atom stereocenters. The second-order valence-corrected chi connectivity index (χ2v) is 6.32. The second-order valence-electron chi connectivity index (χ2n) is 6.32. The molecular weight excluding hydrogens is 302 g/mol. The molecule has 0 N–H and O–H groups in total. The van der Waals surface area contributed by atoms with Gasteiger partial charge in [-0.1, -0.05) is 12.1 Å². The van der Waals surface area contributed by atoms with Gasteiger partial charge >= 0.3 is 0 Å². The lowest BCUT2D eigenvalue weighted by Gasteiger charge is -2.35. The van der Waals surface area contributed by atoms with Crippen molar-refractivity contribution in [2.75, 3.05) is 40.4 Å². The maximum atomic E-state index is 5.55. The number of ether oxygens (including phenoxy) is 2. The lowest BCUT2D eigenvalue weighted by Crippen LogP contribution is -2.45. The van der Waals surface area contributed by atoms with Gasteiger partial charge in [0.1, 0.15) is 0 Å². The van der Waals surface area contributed by atoms with Gasteiger partial charge in [-0.3, -0.25) is 9.80 Å². The van der Waals surface area contributed by atoms with Crippen molar-refractivity contribution in [1.82, 2.24) is 14.4 Å². The molecule has 0 aliphatic carbocycles. The summed E-state index contributed by atoms with van der Waals surface area (Å²) in [5.41, 5.74) is 2.56. The van der Waals surface area contributed by atoms with E-state index in [9.17, 15) is 0 Å². The number of para-hydroxylation sites is 1. The van der Waals surface area contributed by atoms with Gasteiger partial charge in [-0.25, -0.2) is 0 Å². The largest absolute Gasteiger partial charge is 0.493 e. The highest BCUT2D eigenvalue weighted by molar-refractivity contribution is 5.46. The highest BCUT2D eigenvalue weighted by Gasteiger charge is 2.19. The Morgan fingerprint density at radius 1 is 0.875 bits per heavy atom. The summed E-state index contributed by atoms with van der Waals surface area (Å²) < 4.78 is 13.1. The van der Waals surface area contributed by atoms with Crippen molar-refractivity contribution in [2.45, 2.75) is 13.1 Å². The van der Waals surface area contributed by atoms with Gasteiger partial charge in [-0.05, 0) is 18.2 Å². The minimum Gasteiger partial charge on any atom is -0.493 e. The van der Waals surface area contributed by atoms with Crippen LogP contribution in [0.15, 0.2) is 36.5 Å². The van der Waals surface area contributed by atoms with Gasteiger partial charge in [-0.15, -0.1) is 0 Å². The van der Waals surface area contributed by atoms with E-state index in [0.29, 0.717) is 0 Å². The Morgan fingerprint density at radius 3 is 2.17 bits per heavy atom. The smallest absolute Gasteiger partial charge is 0.165 e. The van der Waals surface area contributed by atoms with Gasteiger partial charge in [0.2, 0.25) is 0 Å². The van der Waals surface area contributed by atoms with E-state index in [1.54, 1.807) is 14.2 Å².